The topological polar surface area (TPSA) is 18.5 Å². The fraction of sp³-hybridized carbons (Fsp3) is 0.467. The highest BCUT2D eigenvalue weighted by atomic mass is 28.4. The van der Waals surface area contributed by atoms with Gasteiger partial charge in [-0.25, -0.2) is 0 Å². The summed E-state index contributed by atoms with van der Waals surface area (Å²) in [6.45, 7) is 28.8. The van der Waals surface area contributed by atoms with E-state index in [0.29, 0.717) is 33.2 Å². The van der Waals surface area contributed by atoms with Crippen LogP contribution in [0.2, 0.25) is 33.2 Å². The van der Waals surface area contributed by atoms with Gasteiger partial charge in [-0.2, -0.15) is 0 Å². The van der Waals surface area contributed by atoms with E-state index in [1.54, 1.807) is 0 Å². The zero-order valence-electron chi connectivity index (χ0n) is 32.3. The Hall–Kier alpha value is -3.09. The van der Waals surface area contributed by atoms with Crippen molar-refractivity contribution in [2.45, 2.75) is 136 Å². The van der Waals surface area contributed by atoms with Gasteiger partial charge in [0.05, 0.1) is 0 Å². The molecule has 0 spiro atoms. The van der Waals surface area contributed by atoms with Gasteiger partial charge in [0.15, 0.2) is 0 Å². The zero-order valence-corrected chi connectivity index (χ0v) is 34.3. The maximum absolute atomic E-state index is 7.74. The number of benzene rings is 4. The average Bonchev–Trinajstić information content (AvgIpc) is 3.46. The lowest BCUT2D eigenvalue weighted by Gasteiger charge is -2.43. The minimum atomic E-state index is -2.26. The third-order valence-corrected chi connectivity index (χ3v) is 24.3. The van der Waals surface area contributed by atoms with Crippen LogP contribution in [0, 0.1) is 0 Å². The highest BCUT2D eigenvalue weighted by Crippen LogP contribution is 2.53. The Bertz CT molecular complexity index is 1880. The normalized spacial score (nSPS) is 15.2. The van der Waals surface area contributed by atoms with Gasteiger partial charge in [-0.1, -0.05) is 149 Å². The fourth-order valence-electron chi connectivity index (χ4n) is 10.3. The first kappa shape index (κ1) is 35.7. The zero-order chi connectivity index (χ0) is 35.4. The van der Waals surface area contributed by atoms with Crippen LogP contribution in [-0.2, 0) is 12.8 Å². The monoisotopic (exact) mass is 688 g/mol. The van der Waals surface area contributed by atoms with E-state index in [4.69, 9.17) is 8.85 Å². The molecule has 260 valence electrons. The summed E-state index contributed by atoms with van der Waals surface area (Å²) in [5.74, 6) is 2.20. The maximum Gasteiger partial charge on any atom is 0.258 e. The van der Waals surface area contributed by atoms with Gasteiger partial charge in [-0.15, -0.1) is 0 Å². The van der Waals surface area contributed by atoms with Crippen LogP contribution in [-0.4, -0.2) is 16.6 Å². The van der Waals surface area contributed by atoms with Gasteiger partial charge in [0, 0.05) is 17.5 Å². The number of hydrogen-bond acceptors (Lipinski definition) is 2. The molecule has 2 aliphatic carbocycles. The van der Waals surface area contributed by atoms with E-state index in [2.05, 4.69) is 156 Å². The van der Waals surface area contributed by atoms with Crippen LogP contribution in [0.3, 0.4) is 0 Å². The molecule has 49 heavy (non-hydrogen) atoms. The summed E-state index contributed by atoms with van der Waals surface area (Å²) < 4.78 is 15.5. The number of allylic oxidation sites excluding steroid dienone is 4. The highest BCUT2D eigenvalue weighted by molar-refractivity contribution is 6.78. The lowest BCUT2D eigenvalue weighted by atomic mass is 9.80. The quantitative estimate of drug-likeness (QED) is 0.154. The molecular weight excluding hydrogens is 629 g/mol. The predicted molar refractivity (Wildman–Crippen MR) is 218 cm³/mol. The number of fused-ring (bicyclic) bond motifs is 7. The average molecular weight is 689 g/mol. The summed E-state index contributed by atoms with van der Waals surface area (Å²) in [7, 11) is -4.51. The van der Waals surface area contributed by atoms with Gasteiger partial charge < -0.3 is 8.85 Å². The Kier molecular flexibility index (Phi) is 9.89. The summed E-state index contributed by atoms with van der Waals surface area (Å²) in [4.78, 5) is 0. The Morgan fingerprint density at radius 2 is 0.898 bits per heavy atom. The van der Waals surface area contributed by atoms with E-state index in [0.717, 1.165) is 30.8 Å². The summed E-state index contributed by atoms with van der Waals surface area (Å²) in [5, 5.41) is 5.13. The lowest BCUT2D eigenvalue weighted by Crippen LogP contribution is -2.51. The second kappa shape index (κ2) is 13.6. The molecule has 0 amide bonds. The lowest BCUT2D eigenvalue weighted by molar-refractivity contribution is 0.475. The Morgan fingerprint density at radius 3 is 1.31 bits per heavy atom. The minimum absolute atomic E-state index is 0.485. The SMILES string of the molecule is CC(C)[Si](Oc1cc2ccccc2c2c1CC1=C(CC=C1)Cc1c(O[Si](C(C)C)(C(C)C)C(C)C)cc3ccccc3c1-2)(C(C)C)C(C)C. The molecule has 4 aromatic carbocycles. The van der Waals surface area contributed by atoms with Gasteiger partial charge in [-0.05, 0) is 96.5 Å². The highest BCUT2D eigenvalue weighted by Gasteiger charge is 2.49. The second-order valence-electron chi connectivity index (χ2n) is 16.8. The third-order valence-electron chi connectivity index (χ3n) is 12.4. The predicted octanol–water partition coefficient (Wildman–Crippen LogP) is 14.1. The summed E-state index contributed by atoms with van der Waals surface area (Å²) >= 11 is 0. The van der Waals surface area contributed by atoms with Crippen LogP contribution < -0.4 is 8.85 Å². The Balaban J connectivity index is 1.77. The van der Waals surface area contributed by atoms with Crippen molar-refractivity contribution in [2.75, 3.05) is 0 Å². The molecule has 0 N–H and O–H groups in total. The summed E-state index contributed by atoms with van der Waals surface area (Å²) in [6, 6.07) is 22.9. The second-order valence-corrected chi connectivity index (χ2v) is 27.6. The molecule has 6 rings (SSSR count). The largest absolute Gasteiger partial charge is 0.542 e. The number of hydrogen-bond donors (Lipinski definition) is 0. The van der Waals surface area contributed by atoms with Crippen molar-refractivity contribution in [3.8, 4) is 22.6 Å². The van der Waals surface area contributed by atoms with E-state index >= 15 is 0 Å². The van der Waals surface area contributed by atoms with Crippen LogP contribution in [0.5, 0.6) is 11.5 Å². The molecule has 2 aliphatic rings. The van der Waals surface area contributed by atoms with E-state index in [-0.39, 0.29) is 0 Å². The summed E-state index contributed by atoms with van der Waals surface area (Å²) in [6.07, 6.45) is 7.59. The molecule has 0 aliphatic heterocycles. The number of rotatable bonds is 10. The molecule has 0 atom stereocenters. The van der Waals surface area contributed by atoms with Crippen LogP contribution >= 0.6 is 0 Å². The molecule has 0 bridgehead atoms. The molecule has 4 heteroatoms. The standard InChI is InChI=1S/C45H60O2Si2/c1-28(2)48(29(3)4,30(5)6)46-42-26-36-18-13-15-22-38(36)44-40(42)24-34-20-17-21-35(34)25-41-43(27-37-19-14-16-23-39(37)45(41)44)47-49(31(7)8,32(9)10)33(11)12/h13-20,22-23,26-33H,21,24-25H2,1-12H3. The van der Waals surface area contributed by atoms with Crippen molar-refractivity contribution in [1.82, 2.24) is 0 Å². The van der Waals surface area contributed by atoms with Crippen molar-refractivity contribution in [2.24, 2.45) is 0 Å². The van der Waals surface area contributed by atoms with Crippen molar-refractivity contribution in [3.05, 3.63) is 95.1 Å². The van der Waals surface area contributed by atoms with Crippen LogP contribution in [0.15, 0.2) is 84.0 Å². The molecule has 0 unspecified atom stereocenters. The van der Waals surface area contributed by atoms with Crippen molar-refractivity contribution in [1.29, 1.82) is 0 Å². The van der Waals surface area contributed by atoms with E-state index in [1.807, 2.05) is 0 Å². The van der Waals surface area contributed by atoms with Crippen LogP contribution in [0.4, 0.5) is 0 Å². The van der Waals surface area contributed by atoms with Gasteiger partial charge >= 0.3 is 0 Å². The van der Waals surface area contributed by atoms with Crippen molar-refractivity contribution >= 4 is 38.2 Å². The first-order valence-corrected chi connectivity index (χ1v) is 23.4. The fourth-order valence-corrected chi connectivity index (χ4v) is 20.8. The van der Waals surface area contributed by atoms with E-state index < -0.39 is 16.6 Å². The van der Waals surface area contributed by atoms with Crippen LogP contribution in [0.25, 0.3) is 32.7 Å². The minimum Gasteiger partial charge on any atom is -0.542 e. The Morgan fingerprint density at radius 1 is 0.510 bits per heavy atom. The molecular formula is C45H60O2Si2. The van der Waals surface area contributed by atoms with Crippen molar-refractivity contribution in [3.63, 3.8) is 0 Å². The molecule has 0 heterocycles. The van der Waals surface area contributed by atoms with Gasteiger partial charge in [0.1, 0.15) is 11.5 Å². The van der Waals surface area contributed by atoms with Gasteiger partial charge in [-0.3, -0.25) is 0 Å². The first-order valence-electron chi connectivity index (χ1n) is 19.1. The molecule has 0 aromatic heterocycles. The summed E-state index contributed by atoms with van der Waals surface area (Å²) in [5.41, 5.74) is 11.3. The smallest absolute Gasteiger partial charge is 0.258 e. The van der Waals surface area contributed by atoms with E-state index in [1.165, 1.54) is 54.9 Å². The van der Waals surface area contributed by atoms with E-state index in [9.17, 15) is 0 Å². The van der Waals surface area contributed by atoms with Crippen LogP contribution in [0.1, 0.15) is 101 Å². The molecule has 0 saturated carbocycles. The first-order chi connectivity index (χ1) is 23.2. The van der Waals surface area contributed by atoms with Gasteiger partial charge in [0.25, 0.3) is 16.6 Å². The molecule has 0 radical (unpaired) electrons. The third kappa shape index (κ3) is 5.85. The van der Waals surface area contributed by atoms with Gasteiger partial charge in [0.2, 0.25) is 0 Å². The molecule has 0 saturated heterocycles. The Labute approximate surface area is 299 Å². The molecule has 2 nitrogen and oxygen atoms in total. The molecule has 0 fully saturated rings. The maximum atomic E-state index is 7.74. The van der Waals surface area contributed by atoms with Crippen molar-refractivity contribution < 1.29 is 8.85 Å². The molecule has 4 aromatic rings.